The molecule has 1 N–H and O–H groups in total. The number of aromatic nitrogens is 2. The van der Waals surface area contributed by atoms with E-state index in [-0.39, 0.29) is 37.1 Å². The Morgan fingerprint density at radius 1 is 0.814 bits per heavy atom. The molecular formula is C37H37IrN2O3-. The summed E-state index contributed by atoms with van der Waals surface area (Å²) in [5, 5.41) is 16.5. The number of furan rings is 1. The van der Waals surface area contributed by atoms with Crippen LogP contribution < -0.4 is 0 Å². The van der Waals surface area contributed by atoms with E-state index in [1.165, 1.54) is 22.2 Å². The molecule has 6 heteroatoms. The molecule has 0 unspecified atom stereocenters. The molecule has 0 aliphatic rings. The fourth-order valence-electron chi connectivity index (χ4n) is 4.89. The number of aryl methyl sites for hydroxylation is 2. The first-order valence-electron chi connectivity index (χ1n) is 14.2. The number of carbonyl (C=O) groups is 1. The number of rotatable bonds is 2. The third-order valence-electron chi connectivity index (χ3n) is 7.41. The number of hydrogen-bond donors (Lipinski definition) is 1. The Labute approximate surface area is 266 Å². The summed E-state index contributed by atoms with van der Waals surface area (Å²) in [6, 6.07) is 24.1. The zero-order valence-corrected chi connectivity index (χ0v) is 28.3. The van der Waals surface area contributed by atoms with Gasteiger partial charge in [0.25, 0.3) is 0 Å². The van der Waals surface area contributed by atoms with Gasteiger partial charge >= 0.3 is 0 Å². The van der Waals surface area contributed by atoms with Crippen LogP contribution in [0.3, 0.4) is 0 Å². The molecule has 0 aliphatic carbocycles. The SMILES string of the molecule is CC(C)(C)C(=O)/C=C(\O)C(C)(C)C.Cc1cc2c(ccc3c(-c4[c-]cc5oc6ccccc6c5c4)nccc32)c(C)n1.[Ir]. The Bertz CT molecular complexity index is 2010. The molecule has 0 saturated carbocycles. The summed E-state index contributed by atoms with van der Waals surface area (Å²) in [5.41, 5.74) is 4.96. The molecule has 223 valence electrons. The summed E-state index contributed by atoms with van der Waals surface area (Å²) in [6.45, 7) is 15.2. The van der Waals surface area contributed by atoms with Gasteiger partial charge in [-0.2, -0.15) is 0 Å². The fourth-order valence-corrected chi connectivity index (χ4v) is 4.89. The number of ketones is 1. The standard InChI is InChI=1S/C26H17N2O.C11H20O2.Ir/c1-15-13-22-18(16(2)28-15)8-9-21-19(22)11-12-27-26(21)17-7-10-25-23(14-17)20-5-3-4-6-24(20)29-25;1-10(2,3)8(12)7-9(13)11(4,5)6;/h3-6,8-14H,1-2H3;7,12H,1-6H3;/q-1;;/b;8-7-;. The van der Waals surface area contributed by atoms with Crippen LogP contribution in [-0.4, -0.2) is 20.9 Å². The van der Waals surface area contributed by atoms with E-state index in [9.17, 15) is 9.90 Å². The minimum atomic E-state index is -0.417. The van der Waals surface area contributed by atoms with Gasteiger partial charge in [-0.3, -0.25) is 9.78 Å². The first-order chi connectivity index (χ1) is 19.7. The largest absolute Gasteiger partial charge is 0.512 e. The Morgan fingerprint density at radius 3 is 2.21 bits per heavy atom. The second-order valence-electron chi connectivity index (χ2n) is 12.9. The van der Waals surface area contributed by atoms with E-state index in [1.807, 2.05) is 78.9 Å². The van der Waals surface area contributed by atoms with Gasteiger partial charge in [0, 0.05) is 65.4 Å². The zero-order chi connectivity index (χ0) is 30.4. The van der Waals surface area contributed by atoms with Gasteiger partial charge in [-0.25, -0.2) is 0 Å². The molecule has 3 aromatic heterocycles. The van der Waals surface area contributed by atoms with Gasteiger partial charge in [0.05, 0.1) is 5.58 Å². The van der Waals surface area contributed by atoms with Crippen LogP contribution in [-0.2, 0) is 24.9 Å². The first kappa shape index (κ1) is 32.1. The third-order valence-corrected chi connectivity index (χ3v) is 7.41. The number of hydrogen-bond acceptors (Lipinski definition) is 5. The summed E-state index contributed by atoms with van der Waals surface area (Å²) >= 11 is 0. The number of benzene rings is 3. The average Bonchev–Trinajstić information content (AvgIpc) is 3.30. The van der Waals surface area contributed by atoms with Crippen LogP contribution in [0.15, 0.2) is 83.1 Å². The van der Waals surface area contributed by atoms with Crippen molar-refractivity contribution in [2.45, 2.75) is 55.4 Å². The predicted octanol–water partition coefficient (Wildman–Crippen LogP) is 9.85. The Morgan fingerprint density at radius 2 is 1.51 bits per heavy atom. The van der Waals surface area contributed by atoms with Gasteiger partial charge in [-0.1, -0.05) is 77.3 Å². The molecule has 6 aromatic rings. The van der Waals surface area contributed by atoms with Gasteiger partial charge in [-0.05, 0) is 53.9 Å². The van der Waals surface area contributed by atoms with Crippen LogP contribution in [0.2, 0.25) is 0 Å². The van der Waals surface area contributed by atoms with Crippen molar-refractivity contribution >= 4 is 49.3 Å². The Hall–Kier alpha value is -3.86. The van der Waals surface area contributed by atoms with Crippen LogP contribution in [0.1, 0.15) is 52.9 Å². The van der Waals surface area contributed by atoms with Crippen molar-refractivity contribution in [2.24, 2.45) is 10.8 Å². The van der Waals surface area contributed by atoms with E-state index in [0.717, 1.165) is 50.0 Å². The predicted molar refractivity (Wildman–Crippen MR) is 173 cm³/mol. The fraction of sp³-hybridized carbons (Fsp3) is 0.270. The quantitative estimate of drug-likeness (QED) is 0.0826. The van der Waals surface area contributed by atoms with Gasteiger partial charge in [0.1, 0.15) is 11.3 Å². The zero-order valence-electron chi connectivity index (χ0n) is 25.9. The van der Waals surface area contributed by atoms with E-state index < -0.39 is 5.41 Å². The molecule has 0 fully saturated rings. The number of pyridine rings is 2. The molecule has 6 rings (SSSR count). The molecular weight excluding hydrogens is 713 g/mol. The van der Waals surface area contributed by atoms with Crippen molar-refractivity contribution in [3.8, 4) is 11.3 Å². The Balaban J connectivity index is 0.000000260. The van der Waals surface area contributed by atoms with Crippen molar-refractivity contribution in [1.29, 1.82) is 0 Å². The smallest absolute Gasteiger partial charge is 0.164 e. The van der Waals surface area contributed by atoms with E-state index >= 15 is 0 Å². The molecule has 43 heavy (non-hydrogen) atoms. The maximum atomic E-state index is 11.5. The van der Waals surface area contributed by atoms with Gasteiger partial charge < -0.3 is 14.5 Å². The maximum Gasteiger partial charge on any atom is 0.164 e. The average molecular weight is 750 g/mol. The summed E-state index contributed by atoms with van der Waals surface area (Å²) < 4.78 is 5.96. The third kappa shape index (κ3) is 6.56. The number of aliphatic hydroxyl groups is 1. The van der Waals surface area contributed by atoms with Gasteiger partial charge in [-0.15, -0.1) is 23.8 Å². The van der Waals surface area contributed by atoms with E-state index in [4.69, 9.17) is 9.40 Å². The van der Waals surface area contributed by atoms with E-state index in [1.54, 1.807) is 0 Å². The molecule has 0 bridgehead atoms. The first-order valence-corrected chi connectivity index (χ1v) is 14.2. The number of aliphatic hydroxyl groups excluding tert-OH is 1. The molecule has 0 saturated heterocycles. The summed E-state index contributed by atoms with van der Waals surface area (Å²) in [7, 11) is 0. The number of allylic oxidation sites excluding steroid dienone is 2. The number of fused-ring (bicyclic) bond motifs is 6. The molecule has 0 aliphatic heterocycles. The van der Waals surface area contributed by atoms with Crippen molar-refractivity contribution in [3.63, 3.8) is 0 Å². The van der Waals surface area contributed by atoms with Crippen LogP contribution in [0.4, 0.5) is 0 Å². The topological polar surface area (TPSA) is 76.2 Å². The molecule has 0 amide bonds. The molecule has 0 atom stereocenters. The number of nitrogens with zero attached hydrogens (tertiary/aromatic N) is 2. The van der Waals surface area contributed by atoms with E-state index in [0.29, 0.717) is 0 Å². The maximum absolute atomic E-state index is 11.5. The molecule has 3 aromatic carbocycles. The van der Waals surface area contributed by atoms with Crippen molar-refractivity contribution in [1.82, 2.24) is 9.97 Å². The summed E-state index contributed by atoms with van der Waals surface area (Å²) in [6.07, 6.45) is 3.22. The molecule has 0 spiro atoms. The molecule has 3 heterocycles. The molecule has 1 radical (unpaired) electrons. The van der Waals surface area contributed by atoms with Crippen LogP contribution in [0.5, 0.6) is 0 Å². The van der Waals surface area contributed by atoms with Crippen molar-refractivity contribution in [2.75, 3.05) is 0 Å². The molecule has 5 nitrogen and oxygen atoms in total. The number of para-hydroxylation sites is 1. The van der Waals surface area contributed by atoms with Crippen LogP contribution in [0, 0.1) is 30.7 Å². The minimum Gasteiger partial charge on any atom is -0.512 e. The summed E-state index contributed by atoms with van der Waals surface area (Å²) in [5.74, 6) is 0.104. The van der Waals surface area contributed by atoms with Crippen LogP contribution in [0.25, 0.3) is 54.7 Å². The van der Waals surface area contributed by atoms with Crippen molar-refractivity contribution in [3.05, 3.63) is 96.1 Å². The number of carbonyl (C=O) groups excluding carboxylic acids is 1. The second-order valence-corrected chi connectivity index (χ2v) is 12.9. The normalized spacial score (nSPS) is 12.3. The van der Waals surface area contributed by atoms with Gasteiger partial charge in [0.15, 0.2) is 5.78 Å². The van der Waals surface area contributed by atoms with E-state index in [2.05, 4.69) is 54.4 Å². The van der Waals surface area contributed by atoms with Crippen LogP contribution >= 0.6 is 0 Å². The Kier molecular flexibility index (Phi) is 8.97. The second kappa shape index (κ2) is 12.0. The summed E-state index contributed by atoms with van der Waals surface area (Å²) in [4.78, 5) is 20.8. The minimum absolute atomic E-state index is 0. The van der Waals surface area contributed by atoms with Crippen molar-refractivity contribution < 1.29 is 34.4 Å². The monoisotopic (exact) mass is 750 g/mol. The van der Waals surface area contributed by atoms with Gasteiger partial charge in [0.2, 0.25) is 0 Å².